The molecule has 0 spiro atoms. The first-order valence-electron chi connectivity index (χ1n) is 6.68. The molecule has 0 heterocycles. The topological polar surface area (TPSA) is 222 Å². The Morgan fingerprint density at radius 3 is 1.58 bits per heavy atom. The molecule has 1 aliphatic carbocycles. The molecule has 0 aliphatic heterocycles. The minimum atomic E-state index is -3.00. The van der Waals surface area contributed by atoms with E-state index in [0.29, 0.717) is 0 Å². The van der Waals surface area contributed by atoms with Crippen LogP contribution in [0.5, 0.6) is 0 Å². The van der Waals surface area contributed by atoms with Gasteiger partial charge in [0.25, 0.3) is 0 Å². The van der Waals surface area contributed by atoms with Crippen molar-refractivity contribution in [2.45, 2.75) is 55.1 Å². The van der Waals surface area contributed by atoms with Crippen molar-refractivity contribution in [3.05, 3.63) is 0 Å². The number of esters is 1. The Bertz CT molecular complexity index is 490. The Morgan fingerprint density at radius 2 is 1.21 bits per heavy atom. The molecule has 3 unspecified atom stereocenters. The first kappa shape index (κ1) is 20.2. The highest BCUT2D eigenvalue weighted by atomic mass is 16.6. The van der Waals surface area contributed by atoms with Gasteiger partial charge >= 0.3 is 17.9 Å². The predicted molar refractivity (Wildman–Crippen MR) is 69.4 cm³/mol. The lowest BCUT2D eigenvalue weighted by atomic mass is 9.85. The first-order chi connectivity index (χ1) is 10.9. The van der Waals surface area contributed by atoms with Crippen LogP contribution >= 0.6 is 0 Å². The van der Waals surface area contributed by atoms with Gasteiger partial charge in [-0.25, -0.2) is 4.79 Å². The van der Waals surface area contributed by atoms with Crippen LogP contribution in [0.3, 0.4) is 0 Å². The molecule has 0 bridgehead atoms. The van der Waals surface area contributed by atoms with E-state index in [-0.39, 0.29) is 0 Å². The molecule has 7 atom stereocenters. The second-order valence-corrected chi connectivity index (χ2v) is 5.49. The maximum absolute atomic E-state index is 11.7. The normalized spacial score (nSPS) is 35.8. The van der Waals surface area contributed by atoms with E-state index in [4.69, 9.17) is 10.2 Å². The molecule has 0 radical (unpaired) electrons. The van der Waals surface area contributed by atoms with Gasteiger partial charge in [-0.3, -0.25) is 9.59 Å². The van der Waals surface area contributed by atoms with Gasteiger partial charge in [-0.05, 0) is 0 Å². The van der Waals surface area contributed by atoms with Crippen molar-refractivity contribution in [2.24, 2.45) is 0 Å². The molecule has 12 nitrogen and oxygen atoms in total. The zero-order chi connectivity index (χ0) is 18.8. The molecule has 0 aromatic heterocycles. The zero-order valence-electron chi connectivity index (χ0n) is 12.1. The Labute approximate surface area is 134 Å². The van der Waals surface area contributed by atoms with Crippen LogP contribution in [0, 0.1) is 0 Å². The molecule has 1 fully saturated rings. The van der Waals surface area contributed by atoms with Crippen LogP contribution in [0.1, 0.15) is 12.8 Å². The summed E-state index contributed by atoms with van der Waals surface area (Å²) in [5.41, 5.74) is -3.00. The Morgan fingerprint density at radius 1 is 0.792 bits per heavy atom. The number of aliphatic hydroxyl groups excluding tert-OH is 5. The second kappa shape index (κ2) is 7.38. The van der Waals surface area contributed by atoms with Crippen molar-refractivity contribution >= 4 is 17.9 Å². The fraction of sp³-hybridized carbons (Fsp3) is 0.750. The van der Waals surface area contributed by atoms with Crippen LogP contribution in [-0.2, 0) is 19.1 Å². The molecule has 1 aliphatic rings. The lowest BCUT2D eigenvalue weighted by molar-refractivity contribution is -0.235. The summed E-state index contributed by atoms with van der Waals surface area (Å²) in [5.74, 6) is -5.23. The minimum Gasteiger partial charge on any atom is -0.481 e. The van der Waals surface area contributed by atoms with Gasteiger partial charge in [0.1, 0.15) is 30.5 Å². The summed E-state index contributed by atoms with van der Waals surface area (Å²) < 4.78 is 4.55. The van der Waals surface area contributed by atoms with Gasteiger partial charge in [0.05, 0.1) is 12.8 Å². The van der Waals surface area contributed by atoms with E-state index in [0.717, 1.165) is 0 Å². The van der Waals surface area contributed by atoms with Crippen LogP contribution in [-0.4, -0.2) is 101 Å². The summed E-state index contributed by atoms with van der Waals surface area (Å²) in [4.78, 5) is 33.2. The number of carbonyl (C=O) groups is 3. The van der Waals surface area contributed by atoms with E-state index in [1.165, 1.54) is 0 Å². The highest BCUT2D eigenvalue weighted by Crippen LogP contribution is 2.25. The number of hydrogen-bond acceptors (Lipinski definition) is 10. The van der Waals surface area contributed by atoms with Crippen LogP contribution in [0.4, 0.5) is 0 Å². The van der Waals surface area contributed by atoms with Crippen LogP contribution < -0.4 is 0 Å². The smallest absolute Gasteiger partial charge is 0.336 e. The molecular weight excluding hydrogens is 336 g/mol. The highest BCUT2D eigenvalue weighted by molar-refractivity contribution is 5.88. The molecule has 138 valence electrons. The summed E-state index contributed by atoms with van der Waals surface area (Å²) in [6.45, 7) is 0. The van der Waals surface area contributed by atoms with Crippen molar-refractivity contribution in [1.82, 2.24) is 0 Å². The molecule has 1 saturated carbocycles. The van der Waals surface area contributed by atoms with Crippen molar-refractivity contribution < 1.29 is 60.0 Å². The fourth-order valence-corrected chi connectivity index (χ4v) is 2.23. The zero-order valence-corrected chi connectivity index (χ0v) is 12.1. The molecule has 24 heavy (non-hydrogen) atoms. The molecule has 0 saturated heterocycles. The van der Waals surface area contributed by atoms with Gasteiger partial charge < -0.3 is 45.6 Å². The second-order valence-electron chi connectivity index (χ2n) is 5.49. The SMILES string of the molecule is O=C(O)CC(O)(CC(=O)OC1[C@@H](O)[C@H](O)C(O)[C@H](O)[C@@H]1O)C(=O)O. The number of carboxylic acids is 2. The molecule has 0 aromatic carbocycles. The molecule has 1 rings (SSSR count). The number of ether oxygens (including phenoxy) is 1. The highest BCUT2D eigenvalue weighted by Gasteiger charge is 2.51. The average molecular weight is 354 g/mol. The number of hydrogen-bond donors (Lipinski definition) is 8. The number of carboxylic acid groups (broad SMARTS) is 2. The summed E-state index contributed by atoms with van der Waals surface area (Å²) in [5, 5.41) is 74.7. The Kier molecular flexibility index (Phi) is 6.21. The number of aliphatic hydroxyl groups is 6. The van der Waals surface area contributed by atoms with E-state index in [1.54, 1.807) is 0 Å². The fourth-order valence-electron chi connectivity index (χ4n) is 2.23. The largest absolute Gasteiger partial charge is 0.481 e. The van der Waals surface area contributed by atoms with Gasteiger partial charge in [-0.1, -0.05) is 0 Å². The average Bonchev–Trinajstić information content (AvgIpc) is 2.46. The third-order valence-corrected chi connectivity index (χ3v) is 3.62. The van der Waals surface area contributed by atoms with Gasteiger partial charge in [-0.2, -0.15) is 0 Å². The number of rotatable bonds is 6. The third-order valence-electron chi connectivity index (χ3n) is 3.62. The van der Waals surface area contributed by atoms with Gasteiger partial charge in [0, 0.05) is 0 Å². The maximum Gasteiger partial charge on any atom is 0.336 e. The van der Waals surface area contributed by atoms with E-state index < -0.39 is 73.0 Å². The molecular formula is C12H18O12. The maximum atomic E-state index is 11.7. The lowest BCUT2D eigenvalue weighted by Crippen LogP contribution is -2.64. The number of aliphatic carboxylic acids is 2. The van der Waals surface area contributed by atoms with Crippen molar-refractivity contribution in [2.75, 3.05) is 0 Å². The monoisotopic (exact) mass is 354 g/mol. The van der Waals surface area contributed by atoms with Gasteiger partial charge in [0.2, 0.25) is 0 Å². The molecule has 8 N–H and O–H groups in total. The lowest BCUT2D eigenvalue weighted by Gasteiger charge is -2.41. The van der Waals surface area contributed by atoms with E-state index in [1.807, 2.05) is 0 Å². The molecule has 0 aromatic rings. The van der Waals surface area contributed by atoms with Crippen molar-refractivity contribution in [3.8, 4) is 0 Å². The molecule has 12 heteroatoms. The van der Waals surface area contributed by atoms with Crippen LogP contribution in [0.15, 0.2) is 0 Å². The standard InChI is InChI=1S/C12H18O12/c13-3(14)1-12(23,11(21)22)2-4(15)24-10-8(19)6(17)5(16)7(18)9(10)20/h5-10,16-20,23H,1-2H2,(H,13,14)(H,21,22)/t5?,6-,7+,8-,9-,10?,12?/m0/s1. The van der Waals surface area contributed by atoms with Crippen molar-refractivity contribution in [1.29, 1.82) is 0 Å². The Hall–Kier alpha value is -1.83. The quantitative estimate of drug-likeness (QED) is 0.211. The summed E-state index contributed by atoms with van der Waals surface area (Å²) >= 11 is 0. The molecule has 0 amide bonds. The third kappa shape index (κ3) is 4.17. The van der Waals surface area contributed by atoms with Crippen LogP contribution in [0.25, 0.3) is 0 Å². The van der Waals surface area contributed by atoms with Gasteiger partial charge in [0.15, 0.2) is 11.7 Å². The van der Waals surface area contributed by atoms with E-state index in [2.05, 4.69) is 4.74 Å². The van der Waals surface area contributed by atoms with Crippen molar-refractivity contribution in [3.63, 3.8) is 0 Å². The summed E-state index contributed by atoms with van der Waals surface area (Å²) in [7, 11) is 0. The minimum absolute atomic E-state index is 1.32. The summed E-state index contributed by atoms with van der Waals surface area (Å²) in [6, 6.07) is 0. The number of carbonyl (C=O) groups excluding carboxylic acids is 1. The van der Waals surface area contributed by atoms with E-state index >= 15 is 0 Å². The Balaban J connectivity index is 2.85. The summed E-state index contributed by atoms with van der Waals surface area (Å²) in [6.07, 6.45) is -14.5. The predicted octanol–water partition coefficient (Wildman–Crippen LogP) is -4.60. The van der Waals surface area contributed by atoms with Crippen LogP contribution in [0.2, 0.25) is 0 Å². The van der Waals surface area contributed by atoms with E-state index in [9.17, 15) is 45.0 Å². The van der Waals surface area contributed by atoms with Gasteiger partial charge in [-0.15, -0.1) is 0 Å². The first-order valence-corrected chi connectivity index (χ1v) is 6.68.